The van der Waals surface area contributed by atoms with Crippen LogP contribution in [0, 0.1) is 0 Å². The molecule has 0 unspecified atom stereocenters. The highest BCUT2D eigenvalue weighted by Gasteiger charge is 2.14. The van der Waals surface area contributed by atoms with E-state index in [9.17, 15) is 0 Å². The third kappa shape index (κ3) is 1.10. The molecule has 2 aromatic rings. The smallest absolute Gasteiger partial charge is 0.220 e. The average Bonchev–Trinajstić information content (AvgIpc) is 2.89. The summed E-state index contributed by atoms with van der Waals surface area (Å²) in [4.78, 5) is 6.32. The van der Waals surface area contributed by atoms with E-state index in [0.717, 1.165) is 23.4 Å². The molecule has 0 amide bonds. The van der Waals surface area contributed by atoms with Crippen molar-refractivity contribution in [3.8, 4) is 0 Å². The van der Waals surface area contributed by atoms with E-state index in [2.05, 4.69) is 15.2 Å². The minimum atomic E-state index is 0.318. The highest BCUT2D eigenvalue weighted by atomic mass is 15.4. The second-order valence-electron chi connectivity index (χ2n) is 3.63. The fourth-order valence-corrected chi connectivity index (χ4v) is 1.86. The quantitative estimate of drug-likeness (QED) is 0.592. The highest BCUT2D eigenvalue weighted by Crippen LogP contribution is 2.27. The third-order valence-electron chi connectivity index (χ3n) is 2.67. The van der Waals surface area contributed by atoms with Gasteiger partial charge in [-0.05, 0) is 12.1 Å². The summed E-state index contributed by atoms with van der Waals surface area (Å²) in [6.07, 6.45) is 3.85. The molecular formula is C10H12N6. The van der Waals surface area contributed by atoms with E-state index in [1.807, 2.05) is 30.6 Å². The van der Waals surface area contributed by atoms with Gasteiger partial charge in [-0.3, -0.25) is 0 Å². The summed E-state index contributed by atoms with van der Waals surface area (Å²) < 4.78 is 1.39. The van der Waals surface area contributed by atoms with Gasteiger partial charge >= 0.3 is 0 Å². The third-order valence-corrected chi connectivity index (χ3v) is 2.67. The monoisotopic (exact) mass is 216 g/mol. The van der Waals surface area contributed by atoms with Crippen LogP contribution in [0.3, 0.4) is 0 Å². The summed E-state index contributed by atoms with van der Waals surface area (Å²) in [5, 5.41) is 3.11. The van der Waals surface area contributed by atoms with E-state index >= 15 is 0 Å². The molecule has 1 aromatic carbocycles. The first-order valence-electron chi connectivity index (χ1n) is 4.96. The number of nitrogens with two attached hydrogens (primary N) is 2. The van der Waals surface area contributed by atoms with Crippen LogP contribution >= 0.6 is 0 Å². The number of anilines is 2. The number of fused-ring (bicyclic) bond motifs is 1. The molecule has 1 aliphatic rings. The maximum atomic E-state index is 5.78. The number of nitrogen functional groups attached to an aromatic ring is 2. The molecule has 2 heterocycles. The van der Waals surface area contributed by atoms with Crippen molar-refractivity contribution in [2.45, 2.75) is 0 Å². The molecule has 0 atom stereocenters. The van der Waals surface area contributed by atoms with Crippen molar-refractivity contribution >= 4 is 22.7 Å². The number of nitrogens with one attached hydrogen (secondary N) is 1. The standard InChI is InChI=1S/C10H12N6/c11-10-14-9-7(15-5-4-13-6-15)2-1-3-8(9)16(10)12/h1-5,13H,6,12H2,(H2,11,14). The number of benzene rings is 1. The van der Waals surface area contributed by atoms with Crippen LogP contribution in [0.15, 0.2) is 30.6 Å². The van der Waals surface area contributed by atoms with Gasteiger partial charge in [-0.1, -0.05) is 6.07 Å². The molecule has 1 aliphatic heterocycles. The number of nitrogens with zero attached hydrogens (tertiary/aromatic N) is 3. The Morgan fingerprint density at radius 2 is 2.25 bits per heavy atom. The average molecular weight is 216 g/mol. The van der Waals surface area contributed by atoms with E-state index in [4.69, 9.17) is 11.6 Å². The molecule has 0 saturated carbocycles. The minimum absolute atomic E-state index is 0.318. The lowest BCUT2D eigenvalue weighted by Crippen LogP contribution is -2.19. The zero-order chi connectivity index (χ0) is 11.1. The Balaban J connectivity index is 2.24. The number of aromatic nitrogens is 2. The van der Waals surface area contributed by atoms with Gasteiger partial charge in [-0.25, -0.2) is 9.66 Å². The van der Waals surface area contributed by atoms with Crippen LogP contribution in [0.5, 0.6) is 0 Å². The van der Waals surface area contributed by atoms with Crippen molar-refractivity contribution in [2.24, 2.45) is 0 Å². The van der Waals surface area contributed by atoms with Crippen molar-refractivity contribution in [1.29, 1.82) is 0 Å². The molecule has 82 valence electrons. The largest absolute Gasteiger partial charge is 0.372 e. The predicted molar refractivity (Wildman–Crippen MR) is 63.9 cm³/mol. The van der Waals surface area contributed by atoms with Gasteiger partial charge in [0.2, 0.25) is 5.95 Å². The second kappa shape index (κ2) is 3.06. The normalized spacial score (nSPS) is 14.6. The van der Waals surface area contributed by atoms with Crippen molar-refractivity contribution < 1.29 is 0 Å². The Labute approximate surface area is 92.1 Å². The fraction of sp³-hybridized carbons (Fsp3) is 0.100. The number of hydrogen-bond donors (Lipinski definition) is 3. The lowest BCUT2D eigenvalue weighted by atomic mass is 10.2. The van der Waals surface area contributed by atoms with Gasteiger partial charge in [0.1, 0.15) is 5.52 Å². The van der Waals surface area contributed by atoms with Gasteiger partial charge in [-0.2, -0.15) is 0 Å². The molecule has 0 spiro atoms. The van der Waals surface area contributed by atoms with E-state index in [-0.39, 0.29) is 0 Å². The van der Waals surface area contributed by atoms with Crippen molar-refractivity contribution in [3.05, 3.63) is 30.6 Å². The van der Waals surface area contributed by atoms with Crippen LogP contribution in [0.1, 0.15) is 0 Å². The van der Waals surface area contributed by atoms with Crippen molar-refractivity contribution in [3.63, 3.8) is 0 Å². The van der Waals surface area contributed by atoms with Crippen LogP contribution in [0.25, 0.3) is 11.0 Å². The Morgan fingerprint density at radius 3 is 3.00 bits per heavy atom. The van der Waals surface area contributed by atoms with E-state index in [1.54, 1.807) is 0 Å². The van der Waals surface area contributed by atoms with Gasteiger partial charge in [-0.15, -0.1) is 0 Å². The molecule has 16 heavy (non-hydrogen) atoms. The molecule has 6 heteroatoms. The lowest BCUT2D eigenvalue weighted by molar-refractivity contribution is 0.903. The first-order chi connectivity index (χ1) is 7.77. The summed E-state index contributed by atoms with van der Waals surface area (Å²) in [7, 11) is 0. The molecule has 6 nitrogen and oxygen atoms in total. The van der Waals surface area contributed by atoms with E-state index < -0.39 is 0 Å². The maximum absolute atomic E-state index is 5.78. The van der Waals surface area contributed by atoms with Crippen molar-refractivity contribution in [2.75, 3.05) is 23.1 Å². The van der Waals surface area contributed by atoms with Gasteiger partial charge in [0.05, 0.1) is 17.9 Å². The van der Waals surface area contributed by atoms with Crippen LogP contribution in [0.2, 0.25) is 0 Å². The van der Waals surface area contributed by atoms with Crippen LogP contribution < -0.4 is 21.8 Å². The summed E-state index contributed by atoms with van der Waals surface area (Å²) in [6.45, 7) is 0.733. The SMILES string of the molecule is Nc1nc2c(N3C=CNC3)cccc2n1N. The first-order valence-corrected chi connectivity index (χ1v) is 4.96. The molecule has 5 N–H and O–H groups in total. The molecule has 0 radical (unpaired) electrons. The second-order valence-corrected chi connectivity index (χ2v) is 3.63. The molecule has 0 saturated heterocycles. The molecule has 1 aromatic heterocycles. The van der Waals surface area contributed by atoms with E-state index in [1.165, 1.54) is 4.68 Å². The zero-order valence-corrected chi connectivity index (χ0v) is 8.59. The Kier molecular flexibility index (Phi) is 1.70. The van der Waals surface area contributed by atoms with Gasteiger partial charge in [0, 0.05) is 12.4 Å². The van der Waals surface area contributed by atoms with Crippen molar-refractivity contribution in [1.82, 2.24) is 15.0 Å². The summed E-state index contributed by atoms with van der Waals surface area (Å²) in [5.41, 5.74) is 8.33. The molecule has 0 fully saturated rings. The first kappa shape index (κ1) is 8.90. The lowest BCUT2D eigenvalue weighted by Gasteiger charge is -2.14. The maximum Gasteiger partial charge on any atom is 0.220 e. The van der Waals surface area contributed by atoms with Crippen LogP contribution in [-0.2, 0) is 0 Å². The van der Waals surface area contributed by atoms with Gasteiger partial charge < -0.3 is 21.8 Å². The minimum Gasteiger partial charge on any atom is -0.372 e. The Morgan fingerprint density at radius 1 is 1.38 bits per heavy atom. The summed E-state index contributed by atoms with van der Waals surface area (Å²) in [5.74, 6) is 6.10. The Bertz CT molecular complexity index is 570. The number of para-hydroxylation sites is 1. The molecular weight excluding hydrogens is 204 g/mol. The van der Waals surface area contributed by atoms with Gasteiger partial charge in [0.15, 0.2) is 0 Å². The molecule has 0 aliphatic carbocycles. The number of hydrogen-bond acceptors (Lipinski definition) is 5. The van der Waals surface area contributed by atoms with Crippen LogP contribution in [-0.4, -0.2) is 16.3 Å². The van der Waals surface area contributed by atoms with Gasteiger partial charge in [0.25, 0.3) is 0 Å². The Hall–Kier alpha value is -2.37. The number of rotatable bonds is 1. The number of imidazole rings is 1. The topological polar surface area (TPSA) is 85.1 Å². The molecule has 3 rings (SSSR count). The molecule has 0 bridgehead atoms. The fourth-order valence-electron chi connectivity index (χ4n) is 1.86. The highest BCUT2D eigenvalue weighted by molar-refractivity contribution is 5.91. The summed E-state index contributed by atoms with van der Waals surface area (Å²) in [6, 6.07) is 5.83. The summed E-state index contributed by atoms with van der Waals surface area (Å²) >= 11 is 0. The van der Waals surface area contributed by atoms with E-state index in [0.29, 0.717) is 5.95 Å². The van der Waals surface area contributed by atoms with Crippen LogP contribution in [0.4, 0.5) is 11.6 Å². The predicted octanol–water partition coefficient (Wildman–Crippen LogP) is 0.171. The zero-order valence-electron chi connectivity index (χ0n) is 8.59.